The average Bonchev–Trinajstić information content (AvgIpc) is 2.96. The van der Waals surface area contributed by atoms with Crippen molar-refractivity contribution in [2.45, 2.75) is 0 Å². The highest BCUT2D eigenvalue weighted by atomic mass is 35.5. The molecule has 94 valence electrons. The Bertz CT molecular complexity index is 672. The van der Waals surface area contributed by atoms with Crippen LogP contribution in [0.2, 0.25) is 5.02 Å². The summed E-state index contributed by atoms with van der Waals surface area (Å²) in [6, 6.07) is 8.89. The summed E-state index contributed by atoms with van der Waals surface area (Å²) < 4.78 is 7.14. The van der Waals surface area contributed by atoms with E-state index in [0.717, 1.165) is 5.69 Å². The zero-order valence-electron chi connectivity index (χ0n) is 9.64. The molecule has 0 spiro atoms. The largest absolute Gasteiger partial charge is 0.454 e. The third-order valence-electron chi connectivity index (χ3n) is 2.39. The summed E-state index contributed by atoms with van der Waals surface area (Å²) in [4.78, 5) is 3.97. The van der Waals surface area contributed by atoms with E-state index in [2.05, 4.69) is 20.5 Å². The van der Waals surface area contributed by atoms with Gasteiger partial charge in [0.25, 0.3) is 0 Å². The number of rotatable bonds is 3. The van der Waals surface area contributed by atoms with Gasteiger partial charge in [-0.05, 0) is 40.8 Å². The van der Waals surface area contributed by atoms with Crippen LogP contribution >= 0.6 is 11.6 Å². The highest BCUT2D eigenvalue weighted by Crippen LogP contribution is 2.30. The third kappa shape index (κ3) is 2.53. The predicted octanol–water partition coefficient (Wildman–Crippen LogP) is 2.50. The summed E-state index contributed by atoms with van der Waals surface area (Å²) >= 11 is 6.17. The van der Waals surface area contributed by atoms with Gasteiger partial charge in [0, 0.05) is 6.20 Å². The highest BCUT2D eigenvalue weighted by molar-refractivity contribution is 6.32. The summed E-state index contributed by atoms with van der Waals surface area (Å²) in [6.07, 6.45) is 4.79. The SMILES string of the molecule is Clc1cc(-n2cnnn2)ccc1Oc1cccnc1. The fraction of sp³-hybridized carbons (Fsp3) is 0. The Labute approximate surface area is 113 Å². The molecule has 0 saturated heterocycles. The van der Waals surface area contributed by atoms with Gasteiger partial charge in [-0.1, -0.05) is 11.6 Å². The molecule has 0 aliphatic heterocycles. The van der Waals surface area contributed by atoms with Gasteiger partial charge in [-0.15, -0.1) is 5.10 Å². The highest BCUT2D eigenvalue weighted by Gasteiger charge is 2.06. The smallest absolute Gasteiger partial charge is 0.146 e. The number of ether oxygens (including phenoxy) is 1. The fourth-order valence-corrected chi connectivity index (χ4v) is 1.74. The number of pyridine rings is 1. The summed E-state index contributed by atoms with van der Waals surface area (Å²) in [5, 5.41) is 11.4. The van der Waals surface area contributed by atoms with Crippen molar-refractivity contribution in [3.05, 3.63) is 54.1 Å². The maximum atomic E-state index is 6.17. The summed E-state index contributed by atoms with van der Waals surface area (Å²) in [5.74, 6) is 1.17. The molecule has 1 aromatic carbocycles. The van der Waals surface area contributed by atoms with Gasteiger partial charge in [-0.3, -0.25) is 4.98 Å². The molecule has 0 bridgehead atoms. The van der Waals surface area contributed by atoms with Gasteiger partial charge >= 0.3 is 0 Å². The molecule has 19 heavy (non-hydrogen) atoms. The minimum absolute atomic E-state index is 0.469. The molecule has 0 aliphatic rings. The van der Waals surface area contributed by atoms with E-state index in [1.807, 2.05) is 6.07 Å². The van der Waals surface area contributed by atoms with E-state index < -0.39 is 0 Å². The van der Waals surface area contributed by atoms with E-state index in [-0.39, 0.29) is 0 Å². The topological polar surface area (TPSA) is 65.7 Å². The number of tetrazole rings is 1. The zero-order valence-corrected chi connectivity index (χ0v) is 10.4. The Kier molecular flexibility index (Phi) is 3.07. The van der Waals surface area contributed by atoms with Crippen LogP contribution < -0.4 is 4.74 Å². The number of hydrogen-bond acceptors (Lipinski definition) is 5. The summed E-state index contributed by atoms with van der Waals surface area (Å²) in [5.41, 5.74) is 0.758. The number of halogens is 1. The van der Waals surface area contributed by atoms with E-state index in [4.69, 9.17) is 16.3 Å². The first-order valence-corrected chi connectivity index (χ1v) is 5.81. The molecule has 0 unspecified atom stereocenters. The van der Waals surface area contributed by atoms with Crippen LogP contribution in [0.3, 0.4) is 0 Å². The van der Waals surface area contributed by atoms with Crippen LogP contribution in [0, 0.1) is 0 Å². The molecule has 0 amide bonds. The van der Waals surface area contributed by atoms with Crippen LogP contribution in [0.25, 0.3) is 5.69 Å². The first-order chi connectivity index (χ1) is 9.33. The lowest BCUT2D eigenvalue weighted by Crippen LogP contribution is -1.95. The number of nitrogens with zero attached hydrogens (tertiary/aromatic N) is 5. The first-order valence-electron chi connectivity index (χ1n) is 5.44. The fourth-order valence-electron chi connectivity index (χ4n) is 1.53. The minimum atomic E-state index is 0.469. The van der Waals surface area contributed by atoms with Crippen LogP contribution in [-0.2, 0) is 0 Å². The van der Waals surface area contributed by atoms with Crippen LogP contribution in [0.1, 0.15) is 0 Å². The second kappa shape index (κ2) is 5.03. The van der Waals surface area contributed by atoms with E-state index in [1.165, 1.54) is 11.0 Å². The second-order valence-electron chi connectivity index (χ2n) is 3.66. The molecular weight excluding hydrogens is 266 g/mol. The van der Waals surface area contributed by atoms with Crippen molar-refractivity contribution >= 4 is 11.6 Å². The summed E-state index contributed by atoms with van der Waals surface area (Å²) in [7, 11) is 0. The van der Waals surface area contributed by atoms with Crippen LogP contribution in [-0.4, -0.2) is 25.2 Å². The molecule has 0 fully saturated rings. The molecule has 2 heterocycles. The number of aromatic nitrogens is 5. The number of benzene rings is 1. The standard InChI is InChI=1S/C12H8ClN5O/c13-11-6-9(18-8-15-16-17-18)3-4-12(11)19-10-2-1-5-14-7-10/h1-8H. The lowest BCUT2D eigenvalue weighted by Gasteiger charge is -2.08. The minimum Gasteiger partial charge on any atom is -0.454 e. The Morgan fingerprint density at radius 3 is 2.84 bits per heavy atom. The van der Waals surface area contributed by atoms with Crippen molar-refractivity contribution in [2.24, 2.45) is 0 Å². The molecular formula is C12H8ClN5O. The molecule has 0 saturated carbocycles. The van der Waals surface area contributed by atoms with Crippen molar-refractivity contribution in [2.75, 3.05) is 0 Å². The number of hydrogen-bond donors (Lipinski definition) is 0. The Morgan fingerprint density at radius 2 is 2.16 bits per heavy atom. The van der Waals surface area contributed by atoms with Crippen molar-refractivity contribution in [3.8, 4) is 17.2 Å². The van der Waals surface area contributed by atoms with Gasteiger partial charge in [0.1, 0.15) is 17.8 Å². The molecule has 0 N–H and O–H groups in total. The van der Waals surface area contributed by atoms with E-state index >= 15 is 0 Å². The first kappa shape index (κ1) is 11.6. The van der Waals surface area contributed by atoms with Gasteiger partial charge in [0.15, 0.2) is 0 Å². The van der Waals surface area contributed by atoms with Gasteiger partial charge < -0.3 is 4.74 Å². The molecule has 0 radical (unpaired) electrons. The molecule has 3 aromatic rings. The van der Waals surface area contributed by atoms with Crippen molar-refractivity contribution in [1.29, 1.82) is 0 Å². The van der Waals surface area contributed by atoms with Crippen LogP contribution in [0.15, 0.2) is 49.1 Å². The van der Waals surface area contributed by atoms with Gasteiger partial charge in [-0.2, -0.15) is 0 Å². The normalized spacial score (nSPS) is 10.4. The van der Waals surface area contributed by atoms with Gasteiger partial charge in [0.05, 0.1) is 16.9 Å². The molecule has 0 aliphatic carbocycles. The third-order valence-corrected chi connectivity index (χ3v) is 2.69. The molecule has 3 rings (SSSR count). The van der Waals surface area contributed by atoms with Crippen molar-refractivity contribution in [1.82, 2.24) is 25.2 Å². The lowest BCUT2D eigenvalue weighted by atomic mass is 10.3. The summed E-state index contributed by atoms with van der Waals surface area (Å²) in [6.45, 7) is 0. The van der Waals surface area contributed by atoms with Crippen LogP contribution in [0.4, 0.5) is 0 Å². The van der Waals surface area contributed by atoms with Crippen molar-refractivity contribution in [3.63, 3.8) is 0 Å². The zero-order chi connectivity index (χ0) is 13.1. The van der Waals surface area contributed by atoms with Gasteiger partial charge in [-0.25, -0.2) is 4.68 Å². The average molecular weight is 274 g/mol. The maximum Gasteiger partial charge on any atom is 0.146 e. The molecule has 6 nitrogen and oxygen atoms in total. The Balaban J connectivity index is 1.88. The van der Waals surface area contributed by atoms with Crippen molar-refractivity contribution < 1.29 is 4.74 Å². The Hall–Kier alpha value is -2.47. The second-order valence-corrected chi connectivity index (χ2v) is 4.07. The maximum absolute atomic E-state index is 6.17. The van der Waals surface area contributed by atoms with E-state index in [1.54, 1.807) is 36.7 Å². The molecule has 7 heteroatoms. The predicted molar refractivity (Wildman–Crippen MR) is 68.5 cm³/mol. The molecule has 2 aromatic heterocycles. The van der Waals surface area contributed by atoms with E-state index in [9.17, 15) is 0 Å². The monoisotopic (exact) mass is 273 g/mol. The quantitative estimate of drug-likeness (QED) is 0.733. The molecule has 0 atom stereocenters. The van der Waals surface area contributed by atoms with Gasteiger partial charge in [0.2, 0.25) is 0 Å². The van der Waals surface area contributed by atoms with E-state index in [0.29, 0.717) is 16.5 Å². The van der Waals surface area contributed by atoms with Crippen LogP contribution in [0.5, 0.6) is 11.5 Å². The lowest BCUT2D eigenvalue weighted by molar-refractivity contribution is 0.480. The Morgan fingerprint density at radius 1 is 1.21 bits per heavy atom.